The van der Waals surface area contributed by atoms with Gasteiger partial charge in [-0.1, -0.05) is 20.8 Å². The fourth-order valence-electron chi connectivity index (χ4n) is 1.81. The molecule has 18 heavy (non-hydrogen) atoms. The maximum absolute atomic E-state index is 12.0. The molecule has 104 valence electrons. The fourth-order valence-corrected chi connectivity index (χ4v) is 1.81. The molecule has 3 N–H and O–H groups in total. The Morgan fingerprint density at radius 3 is 2.33 bits per heavy atom. The van der Waals surface area contributed by atoms with Crippen LogP contribution in [0, 0.1) is 5.41 Å². The molecule has 0 spiro atoms. The van der Waals surface area contributed by atoms with Gasteiger partial charge in [0.25, 0.3) is 0 Å². The molecule has 1 fully saturated rings. The third-order valence-electron chi connectivity index (χ3n) is 3.11. The van der Waals surface area contributed by atoms with Crippen LogP contribution in [0.5, 0.6) is 0 Å². The Morgan fingerprint density at radius 1 is 1.44 bits per heavy atom. The summed E-state index contributed by atoms with van der Waals surface area (Å²) in [5, 5.41) is 8.54. The molecular formula is C12H22N2O4. The molecule has 1 rings (SSSR count). The van der Waals surface area contributed by atoms with Crippen LogP contribution in [0.3, 0.4) is 0 Å². The number of hydrogen-bond acceptors (Lipinski definition) is 4. The highest BCUT2D eigenvalue weighted by Gasteiger charge is 2.45. The van der Waals surface area contributed by atoms with Crippen LogP contribution >= 0.6 is 0 Å². The first-order valence-electron chi connectivity index (χ1n) is 5.95. The van der Waals surface area contributed by atoms with E-state index in [9.17, 15) is 9.59 Å². The van der Waals surface area contributed by atoms with E-state index in [0.29, 0.717) is 13.1 Å². The number of ether oxygens (including phenoxy) is 1. The van der Waals surface area contributed by atoms with Crippen LogP contribution in [0.1, 0.15) is 27.7 Å². The van der Waals surface area contributed by atoms with E-state index in [2.05, 4.69) is 0 Å². The van der Waals surface area contributed by atoms with Crippen LogP contribution in [0.25, 0.3) is 0 Å². The summed E-state index contributed by atoms with van der Waals surface area (Å²) in [5.41, 5.74) is 5.04. The van der Waals surface area contributed by atoms with Crippen LogP contribution in [-0.2, 0) is 14.3 Å². The zero-order valence-electron chi connectivity index (χ0n) is 11.4. The number of likely N-dealkylation sites (tertiary alicyclic amines) is 1. The third kappa shape index (κ3) is 3.43. The lowest BCUT2D eigenvalue weighted by atomic mass is 9.85. The molecule has 1 unspecified atom stereocenters. The number of aliphatic carboxylic acids is 1. The minimum absolute atomic E-state index is 0.112. The second-order valence-electron chi connectivity index (χ2n) is 6.17. The number of carbonyl (C=O) groups is 2. The lowest BCUT2D eigenvalue weighted by Gasteiger charge is -2.48. The zero-order chi connectivity index (χ0) is 14.1. The molecule has 0 aromatic carbocycles. The van der Waals surface area contributed by atoms with Crippen molar-refractivity contribution in [1.29, 1.82) is 0 Å². The van der Waals surface area contributed by atoms with Crippen molar-refractivity contribution in [1.82, 2.24) is 4.90 Å². The smallest absolute Gasteiger partial charge is 0.329 e. The average molecular weight is 258 g/mol. The van der Waals surface area contributed by atoms with E-state index in [4.69, 9.17) is 15.6 Å². The van der Waals surface area contributed by atoms with Gasteiger partial charge in [-0.3, -0.25) is 4.79 Å². The minimum atomic E-state index is -1.01. The van der Waals surface area contributed by atoms with Crippen molar-refractivity contribution in [3.8, 4) is 0 Å². The van der Waals surface area contributed by atoms with E-state index in [-0.39, 0.29) is 17.9 Å². The van der Waals surface area contributed by atoms with Crippen LogP contribution in [-0.4, -0.2) is 53.2 Å². The number of amides is 1. The molecule has 0 radical (unpaired) electrons. The second kappa shape index (κ2) is 4.85. The summed E-state index contributed by atoms with van der Waals surface area (Å²) in [4.78, 5) is 24.1. The number of carboxylic acids is 1. The number of carboxylic acid groups (broad SMARTS) is 1. The molecule has 1 heterocycles. The van der Waals surface area contributed by atoms with E-state index in [1.165, 1.54) is 0 Å². The fraction of sp³-hybridized carbons (Fsp3) is 0.833. The van der Waals surface area contributed by atoms with E-state index >= 15 is 0 Å². The summed E-state index contributed by atoms with van der Waals surface area (Å²) < 4.78 is 5.24. The Hall–Kier alpha value is -1.14. The Morgan fingerprint density at radius 2 is 1.94 bits per heavy atom. The predicted molar refractivity (Wildman–Crippen MR) is 66.0 cm³/mol. The molecule has 0 saturated carbocycles. The van der Waals surface area contributed by atoms with E-state index in [1.54, 1.807) is 11.8 Å². The van der Waals surface area contributed by atoms with Gasteiger partial charge in [0.15, 0.2) is 0 Å². The Bertz CT molecular complexity index is 342. The summed E-state index contributed by atoms with van der Waals surface area (Å²) in [6, 6.07) is -0.554. The van der Waals surface area contributed by atoms with Crippen LogP contribution in [0.2, 0.25) is 0 Å². The van der Waals surface area contributed by atoms with Crippen molar-refractivity contribution in [3.05, 3.63) is 0 Å². The van der Waals surface area contributed by atoms with Crippen molar-refractivity contribution in [2.24, 2.45) is 11.1 Å². The maximum Gasteiger partial charge on any atom is 0.329 e. The van der Waals surface area contributed by atoms with E-state index in [0.717, 1.165) is 0 Å². The van der Waals surface area contributed by atoms with Crippen LogP contribution in [0.4, 0.5) is 0 Å². The zero-order valence-corrected chi connectivity index (χ0v) is 11.4. The summed E-state index contributed by atoms with van der Waals surface area (Å²) in [6.45, 7) is 7.97. The lowest BCUT2D eigenvalue weighted by Crippen LogP contribution is -2.67. The van der Waals surface area contributed by atoms with Crippen molar-refractivity contribution >= 4 is 11.9 Å². The number of nitrogens with zero attached hydrogens (tertiary/aromatic N) is 1. The van der Waals surface area contributed by atoms with Gasteiger partial charge >= 0.3 is 5.97 Å². The van der Waals surface area contributed by atoms with Gasteiger partial charge in [-0.2, -0.15) is 0 Å². The first-order chi connectivity index (χ1) is 8.05. The summed E-state index contributed by atoms with van der Waals surface area (Å²) in [5.74, 6) is -1.12. The molecule has 1 aliphatic heterocycles. The second-order valence-corrected chi connectivity index (χ2v) is 6.17. The standard InChI is InChI=1S/C12H22N2O4/c1-11(2,3)9(13)10(17)14-6-12(4,7-14)18-5-8(15)16/h9H,5-7,13H2,1-4H3,(H,15,16). The van der Waals surface area contributed by atoms with Gasteiger partial charge in [0.05, 0.1) is 19.1 Å². The maximum atomic E-state index is 12.0. The van der Waals surface area contributed by atoms with Gasteiger partial charge in [-0.15, -0.1) is 0 Å². The molecule has 0 aliphatic carbocycles. The van der Waals surface area contributed by atoms with Gasteiger partial charge in [0, 0.05) is 0 Å². The first-order valence-corrected chi connectivity index (χ1v) is 5.95. The molecular weight excluding hydrogens is 236 g/mol. The van der Waals surface area contributed by atoms with Gasteiger partial charge < -0.3 is 20.5 Å². The average Bonchev–Trinajstić information content (AvgIpc) is 2.19. The Labute approximate surface area is 107 Å². The van der Waals surface area contributed by atoms with Gasteiger partial charge in [0.2, 0.25) is 5.91 Å². The lowest BCUT2D eigenvalue weighted by molar-refractivity contribution is -0.175. The molecule has 1 saturated heterocycles. The highest BCUT2D eigenvalue weighted by Crippen LogP contribution is 2.28. The summed E-state index contributed by atoms with van der Waals surface area (Å²) >= 11 is 0. The molecule has 1 amide bonds. The van der Waals surface area contributed by atoms with Gasteiger partial charge in [-0.05, 0) is 12.3 Å². The molecule has 1 aliphatic rings. The molecule has 0 aromatic heterocycles. The molecule has 6 nitrogen and oxygen atoms in total. The van der Waals surface area contributed by atoms with Crippen molar-refractivity contribution < 1.29 is 19.4 Å². The SMILES string of the molecule is CC1(OCC(=O)O)CN(C(=O)C(N)C(C)(C)C)C1. The van der Waals surface area contributed by atoms with Gasteiger partial charge in [-0.25, -0.2) is 4.79 Å². The van der Waals surface area contributed by atoms with E-state index < -0.39 is 17.6 Å². The summed E-state index contributed by atoms with van der Waals surface area (Å²) in [7, 11) is 0. The van der Waals surface area contributed by atoms with E-state index in [1.807, 2.05) is 20.8 Å². The predicted octanol–water partition coefficient (Wildman–Crippen LogP) is 0.0619. The highest BCUT2D eigenvalue weighted by atomic mass is 16.5. The number of hydrogen-bond donors (Lipinski definition) is 2. The largest absolute Gasteiger partial charge is 0.480 e. The number of rotatable bonds is 4. The Kier molecular flexibility index (Phi) is 4.02. The molecule has 6 heteroatoms. The monoisotopic (exact) mass is 258 g/mol. The molecule has 0 aromatic rings. The topological polar surface area (TPSA) is 92.9 Å². The minimum Gasteiger partial charge on any atom is -0.480 e. The normalized spacial score (nSPS) is 20.2. The first kappa shape index (κ1) is 14.9. The van der Waals surface area contributed by atoms with Crippen LogP contribution in [0.15, 0.2) is 0 Å². The van der Waals surface area contributed by atoms with Crippen molar-refractivity contribution in [3.63, 3.8) is 0 Å². The summed E-state index contributed by atoms with van der Waals surface area (Å²) in [6.07, 6.45) is 0. The van der Waals surface area contributed by atoms with Crippen molar-refractivity contribution in [2.75, 3.05) is 19.7 Å². The quantitative estimate of drug-likeness (QED) is 0.744. The Balaban J connectivity index is 2.46. The molecule has 1 atom stereocenters. The van der Waals surface area contributed by atoms with Gasteiger partial charge in [0.1, 0.15) is 12.2 Å². The van der Waals surface area contributed by atoms with Crippen LogP contribution < -0.4 is 5.73 Å². The van der Waals surface area contributed by atoms with Crippen molar-refractivity contribution in [2.45, 2.75) is 39.3 Å². The highest BCUT2D eigenvalue weighted by molar-refractivity contribution is 5.83. The number of carbonyl (C=O) groups excluding carboxylic acids is 1. The third-order valence-corrected chi connectivity index (χ3v) is 3.11. The molecule has 0 bridgehead atoms. The number of nitrogens with two attached hydrogens (primary N) is 1.